The van der Waals surface area contributed by atoms with E-state index >= 15 is 0 Å². The highest BCUT2D eigenvalue weighted by molar-refractivity contribution is 5.92. The zero-order valence-electron chi connectivity index (χ0n) is 33.4. The number of hydrogen-bond acceptors (Lipinski definition) is 0. The molecule has 0 amide bonds. The molecule has 0 spiro atoms. The Morgan fingerprint density at radius 1 is 0.268 bits per heavy atom. The summed E-state index contributed by atoms with van der Waals surface area (Å²) in [5.41, 5.74) is 25.4. The Balaban J connectivity index is 0.921. The number of benzene rings is 8. The lowest BCUT2D eigenvalue weighted by Gasteiger charge is -2.24. The summed E-state index contributed by atoms with van der Waals surface area (Å²) in [4.78, 5) is 0. The van der Waals surface area contributed by atoms with E-state index in [-0.39, 0.29) is 16.2 Å². The van der Waals surface area contributed by atoms with E-state index < -0.39 is 0 Å². The van der Waals surface area contributed by atoms with Gasteiger partial charge >= 0.3 is 0 Å². The van der Waals surface area contributed by atoms with Gasteiger partial charge in [-0.15, -0.1) is 0 Å². The maximum absolute atomic E-state index is 2.47. The fourth-order valence-corrected chi connectivity index (χ4v) is 10.6. The predicted octanol–water partition coefficient (Wildman–Crippen LogP) is 15.1. The van der Waals surface area contributed by atoms with E-state index in [2.05, 4.69) is 200 Å². The van der Waals surface area contributed by atoms with Crippen LogP contribution in [0, 0.1) is 6.92 Å². The fourth-order valence-electron chi connectivity index (χ4n) is 10.6. The molecule has 11 rings (SSSR count). The molecule has 0 bridgehead atoms. The monoisotopic (exact) mass is 718 g/mol. The summed E-state index contributed by atoms with van der Waals surface area (Å²) < 4.78 is 0. The van der Waals surface area contributed by atoms with Gasteiger partial charge in [0.05, 0.1) is 0 Å². The summed E-state index contributed by atoms with van der Waals surface area (Å²) in [6.07, 6.45) is 0. The molecule has 0 aliphatic heterocycles. The van der Waals surface area contributed by atoms with Gasteiger partial charge in [0.1, 0.15) is 0 Å². The second-order valence-electron chi connectivity index (χ2n) is 18.3. The molecule has 0 aromatic heterocycles. The normalized spacial score (nSPS) is 15.8. The Bertz CT molecular complexity index is 3000. The molecule has 0 fully saturated rings. The van der Waals surface area contributed by atoms with Crippen LogP contribution in [0.1, 0.15) is 80.5 Å². The third kappa shape index (κ3) is 4.59. The molecule has 270 valence electrons. The van der Waals surface area contributed by atoms with Crippen molar-refractivity contribution in [2.24, 2.45) is 0 Å². The first-order valence-corrected chi connectivity index (χ1v) is 20.2. The molecule has 56 heavy (non-hydrogen) atoms. The molecule has 8 aromatic carbocycles. The van der Waals surface area contributed by atoms with Crippen molar-refractivity contribution in [3.05, 3.63) is 191 Å². The average molecular weight is 719 g/mol. The third-order valence-electron chi connectivity index (χ3n) is 13.9. The van der Waals surface area contributed by atoms with Gasteiger partial charge < -0.3 is 0 Å². The second-order valence-corrected chi connectivity index (χ2v) is 18.3. The van der Waals surface area contributed by atoms with Crippen LogP contribution >= 0.6 is 0 Å². The molecule has 0 saturated heterocycles. The zero-order valence-corrected chi connectivity index (χ0v) is 33.4. The van der Waals surface area contributed by atoms with Crippen LogP contribution in [0.4, 0.5) is 0 Å². The molecule has 3 aliphatic rings. The molecule has 0 saturated carbocycles. The highest BCUT2D eigenvalue weighted by Gasteiger charge is 2.39. The van der Waals surface area contributed by atoms with Crippen LogP contribution in [0.2, 0.25) is 0 Å². The molecule has 0 radical (unpaired) electrons. The van der Waals surface area contributed by atoms with Crippen LogP contribution in [0.15, 0.2) is 152 Å². The molecule has 0 heterocycles. The van der Waals surface area contributed by atoms with Crippen LogP contribution in [0.5, 0.6) is 0 Å². The number of rotatable bonds is 3. The molecule has 0 nitrogen and oxygen atoms in total. The van der Waals surface area contributed by atoms with Gasteiger partial charge in [-0.2, -0.15) is 0 Å². The standard InChI is InChI=1S/C56H46/c1-33-12-13-35-27-36(15-14-34(35)26-33)37-16-22-44-45-24-19-40(31-51(45)55(4,5)50(44)28-37)41-20-25-47-46-23-18-39(30-52(46)56(6,7)53(47)32-41)38-17-21-43-42-10-8-9-11-48(42)54(2,3)49(43)29-38/h8-32H,1-7H3. The van der Waals surface area contributed by atoms with E-state index in [0.29, 0.717) is 0 Å². The van der Waals surface area contributed by atoms with E-state index in [4.69, 9.17) is 0 Å². The highest BCUT2D eigenvalue weighted by Crippen LogP contribution is 2.54. The van der Waals surface area contributed by atoms with Crippen LogP contribution in [0.25, 0.3) is 77.5 Å². The number of fused-ring (bicyclic) bond motifs is 10. The van der Waals surface area contributed by atoms with Crippen LogP contribution in [0.3, 0.4) is 0 Å². The van der Waals surface area contributed by atoms with Gasteiger partial charge in [-0.25, -0.2) is 0 Å². The summed E-state index contributed by atoms with van der Waals surface area (Å²) in [5.74, 6) is 0. The smallest absolute Gasteiger partial charge is 0.0159 e. The quantitative estimate of drug-likeness (QED) is 0.171. The van der Waals surface area contributed by atoms with Gasteiger partial charge in [-0.3, -0.25) is 0 Å². The van der Waals surface area contributed by atoms with Crippen molar-refractivity contribution in [3.8, 4) is 66.8 Å². The first-order valence-electron chi connectivity index (χ1n) is 20.2. The molecule has 0 N–H and O–H groups in total. The fraction of sp³-hybridized carbons (Fsp3) is 0.179. The summed E-state index contributed by atoms with van der Waals surface area (Å²) >= 11 is 0. The minimum atomic E-state index is -0.118. The zero-order chi connectivity index (χ0) is 38.3. The maximum atomic E-state index is 2.47. The molecule has 0 atom stereocenters. The molecule has 0 unspecified atom stereocenters. The van der Waals surface area contributed by atoms with Crippen LogP contribution in [-0.4, -0.2) is 0 Å². The lowest BCUT2D eigenvalue weighted by Crippen LogP contribution is -2.16. The number of hydrogen-bond donors (Lipinski definition) is 0. The number of aryl methyl sites for hydroxylation is 1. The molecular formula is C56H46. The summed E-state index contributed by atoms with van der Waals surface area (Å²) in [7, 11) is 0. The molecule has 0 heteroatoms. The Morgan fingerprint density at radius 3 is 1.00 bits per heavy atom. The summed E-state index contributed by atoms with van der Waals surface area (Å²) in [5, 5.41) is 2.58. The van der Waals surface area contributed by atoms with Crippen molar-refractivity contribution in [1.29, 1.82) is 0 Å². The first kappa shape index (κ1) is 33.4. The van der Waals surface area contributed by atoms with Gasteiger partial charge in [-0.05, 0) is 154 Å². The van der Waals surface area contributed by atoms with E-state index in [1.807, 2.05) is 0 Å². The summed E-state index contributed by atoms with van der Waals surface area (Å²) in [6.45, 7) is 16.5. The lowest BCUT2D eigenvalue weighted by molar-refractivity contribution is 0.659. The van der Waals surface area contributed by atoms with E-state index in [0.717, 1.165) is 0 Å². The van der Waals surface area contributed by atoms with Gasteiger partial charge in [-0.1, -0.05) is 162 Å². The highest BCUT2D eigenvalue weighted by atomic mass is 14.4. The molecular weight excluding hydrogens is 673 g/mol. The van der Waals surface area contributed by atoms with Gasteiger partial charge in [0.2, 0.25) is 0 Å². The van der Waals surface area contributed by atoms with Crippen molar-refractivity contribution in [1.82, 2.24) is 0 Å². The second kappa shape index (κ2) is 11.3. The third-order valence-corrected chi connectivity index (χ3v) is 13.9. The van der Waals surface area contributed by atoms with Crippen molar-refractivity contribution in [3.63, 3.8) is 0 Å². The van der Waals surface area contributed by atoms with E-state index in [9.17, 15) is 0 Å². The van der Waals surface area contributed by atoms with Crippen LogP contribution < -0.4 is 0 Å². The van der Waals surface area contributed by atoms with Crippen molar-refractivity contribution < 1.29 is 0 Å². The SMILES string of the molecule is Cc1ccc2cc(-c3ccc4c(c3)C(C)(C)c3cc(-c5ccc6c(c5)C(C)(C)c5cc(-c7ccc8c(c7)C(C)(C)c7ccccc7-8)ccc5-6)ccc3-4)ccc2c1. The Kier molecular flexibility index (Phi) is 6.73. The molecule has 3 aliphatic carbocycles. The van der Waals surface area contributed by atoms with Gasteiger partial charge in [0, 0.05) is 16.2 Å². The topological polar surface area (TPSA) is 0 Å². The largest absolute Gasteiger partial charge is 0.0619 e. The van der Waals surface area contributed by atoms with Gasteiger partial charge in [0.15, 0.2) is 0 Å². The lowest BCUT2D eigenvalue weighted by atomic mass is 9.79. The van der Waals surface area contributed by atoms with Crippen molar-refractivity contribution in [2.75, 3.05) is 0 Å². The Hall–Kier alpha value is -5.98. The minimum absolute atomic E-state index is 0.0136. The average Bonchev–Trinajstić information content (AvgIpc) is 3.69. The van der Waals surface area contributed by atoms with E-state index in [1.54, 1.807) is 0 Å². The Morgan fingerprint density at radius 2 is 0.571 bits per heavy atom. The van der Waals surface area contributed by atoms with Crippen molar-refractivity contribution >= 4 is 10.8 Å². The van der Waals surface area contributed by atoms with Crippen molar-refractivity contribution in [2.45, 2.75) is 64.7 Å². The first-order chi connectivity index (χ1) is 26.9. The minimum Gasteiger partial charge on any atom is -0.0619 e. The predicted molar refractivity (Wildman–Crippen MR) is 238 cm³/mol. The maximum Gasteiger partial charge on any atom is 0.0159 e. The summed E-state index contributed by atoms with van der Waals surface area (Å²) in [6, 6.07) is 58.3. The van der Waals surface area contributed by atoms with E-state index in [1.165, 1.54) is 116 Å². The Labute approximate surface area is 331 Å². The van der Waals surface area contributed by atoms with Gasteiger partial charge in [0.25, 0.3) is 0 Å². The van der Waals surface area contributed by atoms with Crippen LogP contribution in [-0.2, 0) is 16.2 Å². The molecule has 8 aromatic rings.